The summed E-state index contributed by atoms with van der Waals surface area (Å²) in [7, 11) is 0. The van der Waals surface area contributed by atoms with Gasteiger partial charge >= 0.3 is 0 Å². The standard InChI is InChI=1S/C18H24F2N6O/c1-18(2,27)13-9-26(7-6-23-13)17-12(20)8-11(19)15(25-17)14(21)10-4-3-5-24-16(10)22/h3-5,8,13-14,23,27H,6-7,9,21H2,1-2H3,(H2,22,24). The van der Waals surface area contributed by atoms with E-state index >= 15 is 0 Å². The fourth-order valence-electron chi connectivity index (χ4n) is 3.17. The first-order valence-corrected chi connectivity index (χ1v) is 8.71. The molecule has 2 aromatic heterocycles. The van der Waals surface area contributed by atoms with Gasteiger partial charge in [0.25, 0.3) is 0 Å². The zero-order valence-electron chi connectivity index (χ0n) is 15.3. The van der Waals surface area contributed by atoms with Gasteiger partial charge in [-0.15, -0.1) is 0 Å². The summed E-state index contributed by atoms with van der Waals surface area (Å²) in [6.45, 7) is 4.67. The molecule has 2 atom stereocenters. The first kappa shape index (κ1) is 19.4. The minimum Gasteiger partial charge on any atom is -0.389 e. The number of hydrogen-bond donors (Lipinski definition) is 4. The van der Waals surface area contributed by atoms with Crippen LogP contribution in [0.25, 0.3) is 0 Å². The molecule has 0 bridgehead atoms. The van der Waals surface area contributed by atoms with E-state index in [0.717, 1.165) is 6.07 Å². The SMILES string of the molecule is CC(C)(O)C1CN(c2nc(C(N)c3cccnc3N)c(F)cc2F)CCN1. The van der Waals surface area contributed by atoms with E-state index in [1.54, 1.807) is 30.9 Å². The van der Waals surface area contributed by atoms with Crippen LogP contribution >= 0.6 is 0 Å². The van der Waals surface area contributed by atoms with Crippen molar-refractivity contribution in [2.45, 2.75) is 31.5 Å². The van der Waals surface area contributed by atoms with Crippen molar-refractivity contribution in [2.24, 2.45) is 5.73 Å². The van der Waals surface area contributed by atoms with Gasteiger partial charge in [-0.1, -0.05) is 6.07 Å². The molecule has 9 heteroatoms. The van der Waals surface area contributed by atoms with Gasteiger partial charge in [0, 0.05) is 37.5 Å². The third kappa shape index (κ3) is 4.00. The Morgan fingerprint density at radius 1 is 1.37 bits per heavy atom. The lowest BCUT2D eigenvalue weighted by Gasteiger charge is -2.40. The van der Waals surface area contributed by atoms with Crippen molar-refractivity contribution in [1.82, 2.24) is 15.3 Å². The van der Waals surface area contributed by atoms with Crippen molar-refractivity contribution in [2.75, 3.05) is 30.3 Å². The molecule has 1 saturated heterocycles. The molecule has 6 N–H and O–H groups in total. The van der Waals surface area contributed by atoms with Crippen molar-refractivity contribution < 1.29 is 13.9 Å². The van der Waals surface area contributed by atoms with Crippen LogP contribution in [0.5, 0.6) is 0 Å². The second-order valence-electron chi connectivity index (χ2n) is 7.22. The molecule has 146 valence electrons. The van der Waals surface area contributed by atoms with Crippen molar-refractivity contribution in [1.29, 1.82) is 0 Å². The predicted molar refractivity (Wildman–Crippen MR) is 99.1 cm³/mol. The summed E-state index contributed by atoms with van der Waals surface area (Å²) < 4.78 is 28.9. The Kier molecular flexibility index (Phi) is 5.27. The monoisotopic (exact) mass is 378 g/mol. The smallest absolute Gasteiger partial charge is 0.168 e. The van der Waals surface area contributed by atoms with Crippen molar-refractivity contribution in [3.8, 4) is 0 Å². The number of piperazine rings is 1. The number of aromatic nitrogens is 2. The van der Waals surface area contributed by atoms with E-state index in [4.69, 9.17) is 11.5 Å². The maximum atomic E-state index is 14.5. The fourth-order valence-corrected chi connectivity index (χ4v) is 3.17. The van der Waals surface area contributed by atoms with Gasteiger partial charge in [0.15, 0.2) is 11.6 Å². The van der Waals surface area contributed by atoms with E-state index < -0.39 is 23.3 Å². The lowest BCUT2D eigenvalue weighted by atomic mass is 9.97. The van der Waals surface area contributed by atoms with Crippen LogP contribution in [0, 0.1) is 11.6 Å². The number of nitrogens with two attached hydrogens (primary N) is 2. The zero-order valence-corrected chi connectivity index (χ0v) is 15.3. The largest absolute Gasteiger partial charge is 0.389 e. The molecule has 7 nitrogen and oxygen atoms in total. The molecule has 2 unspecified atom stereocenters. The summed E-state index contributed by atoms with van der Waals surface area (Å²) in [4.78, 5) is 9.81. The van der Waals surface area contributed by atoms with Crippen molar-refractivity contribution in [3.63, 3.8) is 0 Å². The van der Waals surface area contributed by atoms with E-state index in [1.807, 2.05) is 0 Å². The Bertz CT molecular complexity index is 826. The number of anilines is 2. The first-order chi connectivity index (χ1) is 12.7. The number of halogens is 2. The number of hydrogen-bond acceptors (Lipinski definition) is 7. The lowest BCUT2D eigenvalue weighted by Crippen LogP contribution is -2.59. The maximum Gasteiger partial charge on any atom is 0.168 e. The van der Waals surface area contributed by atoms with Crippen LogP contribution in [0.3, 0.4) is 0 Å². The van der Waals surface area contributed by atoms with Crippen LogP contribution in [-0.4, -0.2) is 46.4 Å². The summed E-state index contributed by atoms with van der Waals surface area (Å²) in [5, 5.41) is 13.4. The highest BCUT2D eigenvalue weighted by atomic mass is 19.1. The molecule has 0 saturated carbocycles. The van der Waals surface area contributed by atoms with Gasteiger partial charge in [-0.2, -0.15) is 0 Å². The molecule has 0 aliphatic carbocycles. The predicted octanol–water partition coefficient (Wildman–Crippen LogP) is 0.934. The number of aliphatic hydroxyl groups is 1. The fraction of sp³-hybridized carbons (Fsp3) is 0.444. The molecule has 0 radical (unpaired) electrons. The van der Waals surface area contributed by atoms with E-state index in [1.165, 1.54) is 6.20 Å². The van der Waals surface area contributed by atoms with E-state index in [0.29, 0.717) is 25.2 Å². The number of rotatable bonds is 4. The Morgan fingerprint density at radius 3 is 2.78 bits per heavy atom. The Hall–Kier alpha value is -2.36. The number of pyridine rings is 2. The average molecular weight is 378 g/mol. The summed E-state index contributed by atoms with van der Waals surface area (Å²) in [6.07, 6.45) is 1.50. The van der Waals surface area contributed by atoms with Crippen molar-refractivity contribution >= 4 is 11.6 Å². The molecule has 1 aliphatic rings. The topological polar surface area (TPSA) is 113 Å². The van der Waals surface area contributed by atoms with Gasteiger partial charge in [0.1, 0.15) is 17.3 Å². The molecule has 3 heterocycles. The molecular formula is C18H24F2N6O. The average Bonchev–Trinajstić information content (AvgIpc) is 2.61. The van der Waals surface area contributed by atoms with Crippen LogP contribution in [0.15, 0.2) is 24.4 Å². The second kappa shape index (κ2) is 7.34. The number of nitrogen functional groups attached to an aromatic ring is 1. The third-order valence-electron chi connectivity index (χ3n) is 4.77. The molecule has 0 aromatic carbocycles. The van der Waals surface area contributed by atoms with Crippen LogP contribution in [0.2, 0.25) is 0 Å². The molecule has 0 spiro atoms. The highest BCUT2D eigenvalue weighted by molar-refractivity contribution is 5.48. The van der Waals surface area contributed by atoms with Gasteiger partial charge in [0.05, 0.1) is 17.7 Å². The Morgan fingerprint density at radius 2 is 2.11 bits per heavy atom. The van der Waals surface area contributed by atoms with Gasteiger partial charge in [-0.05, 0) is 19.9 Å². The maximum absolute atomic E-state index is 14.5. The van der Waals surface area contributed by atoms with Crippen LogP contribution in [0.4, 0.5) is 20.4 Å². The van der Waals surface area contributed by atoms with E-state index in [2.05, 4.69) is 15.3 Å². The summed E-state index contributed by atoms with van der Waals surface area (Å²) >= 11 is 0. The van der Waals surface area contributed by atoms with Gasteiger partial charge in [-0.3, -0.25) is 0 Å². The second-order valence-corrected chi connectivity index (χ2v) is 7.22. The quantitative estimate of drug-likeness (QED) is 0.626. The number of nitrogens with zero attached hydrogens (tertiary/aromatic N) is 3. The zero-order chi connectivity index (χ0) is 19.8. The molecule has 3 rings (SSSR count). The van der Waals surface area contributed by atoms with Crippen LogP contribution in [0.1, 0.15) is 31.1 Å². The van der Waals surface area contributed by atoms with Crippen molar-refractivity contribution in [3.05, 3.63) is 47.3 Å². The highest BCUT2D eigenvalue weighted by Gasteiger charge is 2.33. The Labute approximate surface area is 156 Å². The lowest BCUT2D eigenvalue weighted by molar-refractivity contribution is 0.0362. The Balaban J connectivity index is 1.96. The molecule has 1 aliphatic heterocycles. The molecule has 27 heavy (non-hydrogen) atoms. The van der Waals surface area contributed by atoms with Gasteiger partial charge in [-0.25, -0.2) is 18.7 Å². The van der Waals surface area contributed by atoms with Gasteiger partial charge < -0.3 is 26.8 Å². The molecule has 0 amide bonds. The molecular weight excluding hydrogens is 354 g/mol. The van der Waals surface area contributed by atoms with E-state index in [9.17, 15) is 13.9 Å². The molecule has 1 fully saturated rings. The number of nitrogens with one attached hydrogen (secondary N) is 1. The van der Waals surface area contributed by atoms with Gasteiger partial charge in [0.2, 0.25) is 0 Å². The first-order valence-electron chi connectivity index (χ1n) is 8.71. The molecule has 2 aromatic rings. The minimum atomic E-state index is -1.00. The van der Waals surface area contributed by atoms with Crippen LogP contribution in [-0.2, 0) is 0 Å². The summed E-state index contributed by atoms with van der Waals surface area (Å²) in [6, 6.07) is 2.78. The minimum absolute atomic E-state index is 0.0000572. The van der Waals surface area contributed by atoms with Crippen LogP contribution < -0.4 is 21.7 Å². The summed E-state index contributed by atoms with van der Waals surface area (Å²) in [5.74, 6) is -1.46. The third-order valence-corrected chi connectivity index (χ3v) is 4.77. The summed E-state index contributed by atoms with van der Waals surface area (Å²) in [5.41, 5.74) is 11.3. The highest BCUT2D eigenvalue weighted by Crippen LogP contribution is 2.28. The normalized spacial score (nSPS) is 19.2. The van der Waals surface area contributed by atoms with E-state index in [-0.39, 0.29) is 23.4 Å².